The Morgan fingerprint density at radius 1 is 0.941 bits per heavy atom. The maximum Gasteiger partial charge on any atom is 0.408 e. The first-order chi connectivity index (χ1) is 16.1. The first-order valence-electron chi connectivity index (χ1n) is 10.2. The van der Waals surface area contributed by atoms with Crippen molar-refractivity contribution in [3.8, 4) is 5.75 Å². The Morgan fingerprint density at radius 3 is 2.15 bits per heavy atom. The first kappa shape index (κ1) is 26.6. The second kappa shape index (κ2) is 12.6. The van der Waals surface area contributed by atoms with Gasteiger partial charge >= 0.3 is 12.1 Å². The molecule has 184 valence electrons. The normalized spacial score (nSPS) is 11.6. The summed E-state index contributed by atoms with van der Waals surface area (Å²) in [7, 11) is 0. The predicted octanol–water partition coefficient (Wildman–Crippen LogP) is 4.08. The quantitative estimate of drug-likeness (QED) is 0.293. The summed E-state index contributed by atoms with van der Waals surface area (Å²) in [4.78, 5) is 36.8. The maximum absolute atomic E-state index is 13.8. The number of rotatable bonds is 11. The number of esters is 1. The number of hydrogen-bond donors (Lipinski definition) is 1. The van der Waals surface area contributed by atoms with Crippen LogP contribution in [-0.2, 0) is 25.7 Å². The van der Waals surface area contributed by atoms with Crippen LogP contribution in [0.5, 0.6) is 5.75 Å². The molecule has 0 heterocycles. The smallest absolute Gasteiger partial charge is 0.408 e. The Bertz CT molecular complexity index is 990. The fraction of sp³-hybridized carbons (Fsp3) is 0.348. The van der Waals surface area contributed by atoms with E-state index in [9.17, 15) is 31.9 Å². The molecule has 0 aliphatic carbocycles. The lowest BCUT2D eigenvalue weighted by Crippen LogP contribution is -2.44. The number of nitrogens with one attached hydrogen (secondary N) is 1. The molecule has 34 heavy (non-hydrogen) atoms. The fourth-order valence-electron chi connectivity index (χ4n) is 2.56. The number of Topliss-reactive ketones (excluding diaryl/α,β-unsaturated/α-hetero) is 1. The van der Waals surface area contributed by atoms with Gasteiger partial charge in [0, 0.05) is 6.07 Å². The van der Waals surface area contributed by atoms with Crippen molar-refractivity contribution >= 4 is 17.8 Å². The SMILES string of the molecule is CC(C)COC(=O)C[C@H](NC(=O)OCc1ccccc1)C(=O)COc1c(F)c(F)cc(F)c1F. The minimum atomic E-state index is -1.84. The zero-order valence-corrected chi connectivity index (χ0v) is 18.4. The van der Waals surface area contributed by atoms with E-state index in [2.05, 4.69) is 10.1 Å². The third kappa shape index (κ3) is 8.05. The van der Waals surface area contributed by atoms with Crippen LogP contribution in [-0.4, -0.2) is 37.1 Å². The van der Waals surface area contributed by atoms with Crippen LogP contribution in [0.1, 0.15) is 25.8 Å². The van der Waals surface area contributed by atoms with E-state index in [1.165, 1.54) is 0 Å². The first-order valence-corrected chi connectivity index (χ1v) is 10.2. The van der Waals surface area contributed by atoms with E-state index in [0.717, 1.165) is 0 Å². The van der Waals surface area contributed by atoms with Crippen LogP contribution >= 0.6 is 0 Å². The van der Waals surface area contributed by atoms with Gasteiger partial charge in [0.15, 0.2) is 23.2 Å². The van der Waals surface area contributed by atoms with Crippen LogP contribution in [0.15, 0.2) is 36.4 Å². The van der Waals surface area contributed by atoms with E-state index < -0.39 is 65.9 Å². The van der Waals surface area contributed by atoms with Crippen LogP contribution in [0, 0.1) is 29.2 Å². The van der Waals surface area contributed by atoms with E-state index in [-0.39, 0.29) is 25.2 Å². The second-order valence-electron chi connectivity index (χ2n) is 7.59. The van der Waals surface area contributed by atoms with Crippen molar-refractivity contribution in [1.82, 2.24) is 5.32 Å². The summed E-state index contributed by atoms with van der Waals surface area (Å²) in [6.45, 7) is 2.36. The van der Waals surface area contributed by atoms with Gasteiger partial charge in [-0.3, -0.25) is 9.59 Å². The minimum Gasteiger partial charge on any atom is -0.479 e. The molecule has 0 bridgehead atoms. The standard InChI is InChI=1S/C23H23F4NO6/c1-13(2)10-32-19(30)9-17(28-23(31)34-11-14-6-4-3-5-7-14)18(29)12-33-22-20(26)15(24)8-16(25)21(22)27/h3-8,13,17H,9-12H2,1-2H3,(H,28,31)/t17-/m0/s1. The highest BCUT2D eigenvalue weighted by Gasteiger charge is 2.28. The molecular weight excluding hydrogens is 462 g/mol. The largest absolute Gasteiger partial charge is 0.479 e. The van der Waals surface area contributed by atoms with Crippen molar-refractivity contribution in [3.63, 3.8) is 0 Å². The Balaban J connectivity index is 2.07. The fourth-order valence-corrected chi connectivity index (χ4v) is 2.56. The Hall–Kier alpha value is -3.63. The third-order valence-corrected chi connectivity index (χ3v) is 4.27. The van der Waals surface area contributed by atoms with Gasteiger partial charge in [-0.1, -0.05) is 44.2 Å². The molecule has 0 saturated heterocycles. The number of ether oxygens (including phenoxy) is 3. The van der Waals surface area contributed by atoms with E-state index in [0.29, 0.717) is 5.56 Å². The van der Waals surface area contributed by atoms with Crippen molar-refractivity contribution in [2.24, 2.45) is 5.92 Å². The number of halogens is 4. The Morgan fingerprint density at radius 2 is 1.56 bits per heavy atom. The lowest BCUT2D eigenvalue weighted by atomic mass is 10.1. The van der Waals surface area contributed by atoms with Gasteiger partial charge in [0.1, 0.15) is 19.3 Å². The van der Waals surface area contributed by atoms with Gasteiger partial charge in [-0.15, -0.1) is 0 Å². The van der Waals surface area contributed by atoms with Crippen molar-refractivity contribution in [2.45, 2.75) is 32.9 Å². The number of carbonyl (C=O) groups is 3. The summed E-state index contributed by atoms with van der Waals surface area (Å²) in [5, 5.41) is 2.17. The zero-order chi connectivity index (χ0) is 25.3. The molecule has 1 atom stereocenters. The van der Waals surface area contributed by atoms with E-state index >= 15 is 0 Å². The molecule has 2 aromatic carbocycles. The molecule has 2 rings (SSSR count). The van der Waals surface area contributed by atoms with Crippen molar-refractivity contribution in [1.29, 1.82) is 0 Å². The highest BCUT2D eigenvalue weighted by atomic mass is 19.2. The molecular formula is C23H23F4NO6. The van der Waals surface area contributed by atoms with Crippen molar-refractivity contribution in [2.75, 3.05) is 13.2 Å². The van der Waals surface area contributed by atoms with Gasteiger partial charge < -0.3 is 19.5 Å². The molecule has 1 N–H and O–H groups in total. The number of benzene rings is 2. The number of amides is 1. The number of hydrogen-bond acceptors (Lipinski definition) is 6. The van der Waals surface area contributed by atoms with Crippen molar-refractivity contribution in [3.05, 3.63) is 65.2 Å². The topological polar surface area (TPSA) is 90.9 Å². The average Bonchev–Trinajstić information content (AvgIpc) is 2.80. The molecule has 0 aliphatic rings. The molecule has 7 nitrogen and oxygen atoms in total. The van der Waals surface area contributed by atoms with E-state index in [1.807, 2.05) is 0 Å². The summed E-state index contributed by atoms with van der Waals surface area (Å²) in [6.07, 6.45) is -1.70. The molecule has 0 aromatic heterocycles. The van der Waals surface area contributed by atoms with Gasteiger partial charge in [-0.05, 0) is 11.5 Å². The summed E-state index contributed by atoms with van der Waals surface area (Å²) in [5.74, 6) is -10.4. The molecule has 1 amide bonds. The molecule has 0 fully saturated rings. The van der Waals surface area contributed by atoms with E-state index in [4.69, 9.17) is 9.47 Å². The number of carbonyl (C=O) groups excluding carboxylic acids is 3. The van der Waals surface area contributed by atoms with Gasteiger partial charge in [-0.25, -0.2) is 13.6 Å². The third-order valence-electron chi connectivity index (χ3n) is 4.27. The van der Waals surface area contributed by atoms with E-state index in [1.54, 1.807) is 44.2 Å². The number of ketones is 1. The summed E-state index contributed by atoms with van der Waals surface area (Å²) in [5.41, 5.74) is 0.652. The van der Waals surface area contributed by atoms with Gasteiger partial charge in [0.25, 0.3) is 0 Å². The lowest BCUT2D eigenvalue weighted by Gasteiger charge is -2.18. The van der Waals surface area contributed by atoms with Gasteiger partial charge in [0.2, 0.25) is 11.6 Å². The molecule has 0 unspecified atom stereocenters. The molecule has 11 heteroatoms. The Labute approximate surface area is 193 Å². The monoisotopic (exact) mass is 485 g/mol. The van der Waals surface area contributed by atoms with Crippen LogP contribution in [0.4, 0.5) is 22.4 Å². The van der Waals surface area contributed by atoms with Crippen molar-refractivity contribution < 1.29 is 46.2 Å². The zero-order valence-electron chi connectivity index (χ0n) is 18.4. The summed E-state index contributed by atoms with van der Waals surface area (Å²) in [6, 6.07) is 7.00. The summed E-state index contributed by atoms with van der Waals surface area (Å²) >= 11 is 0. The average molecular weight is 485 g/mol. The van der Waals surface area contributed by atoms with Crippen LogP contribution < -0.4 is 10.1 Å². The minimum absolute atomic E-state index is 0.000874. The molecule has 0 spiro atoms. The molecule has 2 aromatic rings. The highest BCUT2D eigenvalue weighted by molar-refractivity contribution is 5.92. The summed E-state index contributed by atoms with van der Waals surface area (Å²) < 4.78 is 68.9. The maximum atomic E-state index is 13.8. The highest BCUT2D eigenvalue weighted by Crippen LogP contribution is 2.26. The predicted molar refractivity (Wildman–Crippen MR) is 111 cm³/mol. The van der Waals surface area contributed by atoms with Gasteiger partial charge in [0.05, 0.1) is 13.0 Å². The second-order valence-corrected chi connectivity index (χ2v) is 7.59. The van der Waals surface area contributed by atoms with Crippen LogP contribution in [0.2, 0.25) is 0 Å². The van der Waals surface area contributed by atoms with Crippen LogP contribution in [0.3, 0.4) is 0 Å². The molecule has 0 aliphatic heterocycles. The lowest BCUT2D eigenvalue weighted by molar-refractivity contribution is -0.146. The van der Waals surface area contributed by atoms with Crippen LogP contribution in [0.25, 0.3) is 0 Å². The number of alkyl carbamates (subject to hydrolysis) is 1. The molecule has 0 radical (unpaired) electrons. The van der Waals surface area contributed by atoms with Gasteiger partial charge in [-0.2, -0.15) is 8.78 Å². The Kier molecular flexibility index (Phi) is 9.84. The molecule has 0 saturated carbocycles.